The van der Waals surface area contributed by atoms with Gasteiger partial charge in [-0.1, -0.05) is 114 Å². The van der Waals surface area contributed by atoms with Crippen molar-refractivity contribution >= 4 is 106 Å². The van der Waals surface area contributed by atoms with Gasteiger partial charge in [-0.25, -0.2) is 4.98 Å². The number of oxazole rings is 1. The van der Waals surface area contributed by atoms with Gasteiger partial charge in [0.15, 0.2) is 5.58 Å². The van der Waals surface area contributed by atoms with Gasteiger partial charge in [0.05, 0.1) is 11.0 Å². The molecule has 0 radical (unpaired) electrons. The Morgan fingerprint density at radius 2 is 1.17 bits per heavy atom. The molecular weight excluding hydrogens is 785 g/mol. The maximum Gasteiger partial charge on any atom is 0.333 e. The van der Waals surface area contributed by atoms with Gasteiger partial charge < -0.3 is 22.6 Å². The van der Waals surface area contributed by atoms with Gasteiger partial charge >= 0.3 is 6.85 Å². The predicted molar refractivity (Wildman–Crippen MR) is 265 cm³/mol. The first-order chi connectivity index (χ1) is 31.0. The van der Waals surface area contributed by atoms with E-state index < -0.39 is 0 Å². The Morgan fingerprint density at radius 1 is 0.484 bits per heavy atom. The molecular formula is C57H42BN3O3. The number of benzene rings is 8. The lowest BCUT2D eigenvalue weighted by Crippen LogP contribution is -2.60. The second kappa shape index (κ2) is 12.1. The predicted octanol–water partition coefficient (Wildman–Crippen LogP) is 14.2. The Balaban J connectivity index is 1.12. The van der Waals surface area contributed by atoms with Crippen LogP contribution in [0.1, 0.15) is 52.7 Å². The maximum atomic E-state index is 6.82. The van der Waals surface area contributed by atoms with Crippen LogP contribution >= 0.6 is 0 Å². The number of furan rings is 2. The van der Waals surface area contributed by atoms with Gasteiger partial charge in [-0.15, -0.1) is 0 Å². The topological polar surface area (TPSA) is 60.5 Å². The van der Waals surface area contributed by atoms with Crippen LogP contribution in [0.3, 0.4) is 0 Å². The molecule has 6 nitrogen and oxygen atoms in total. The fourth-order valence-corrected chi connectivity index (χ4v) is 10.9. The van der Waals surface area contributed by atoms with E-state index in [1.807, 2.05) is 24.3 Å². The molecule has 0 saturated carbocycles. The summed E-state index contributed by atoms with van der Waals surface area (Å²) in [5, 5.41) is 6.84. The molecule has 0 amide bonds. The van der Waals surface area contributed by atoms with Gasteiger partial charge in [0.2, 0.25) is 5.89 Å². The Hall–Kier alpha value is -7.51. The monoisotopic (exact) mass is 827 g/mol. The van der Waals surface area contributed by atoms with Crippen LogP contribution in [0, 0.1) is 0 Å². The summed E-state index contributed by atoms with van der Waals surface area (Å²) >= 11 is 0. The van der Waals surface area contributed by atoms with E-state index in [1.54, 1.807) is 0 Å². The van der Waals surface area contributed by atoms with Crippen LogP contribution in [-0.4, -0.2) is 16.4 Å². The van der Waals surface area contributed by atoms with E-state index in [0.29, 0.717) is 5.89 Å². The Bertz CT molecular complexity index is 3980. The highest BCUT2D eigenvalue weighted by molar-refractivity contribution is 6.94. The number of aromatic nitrogens is 2. The Labute approximate surface area is 369 Å². The number of hydrogen-bond acceptors (Lipinski definition) is 5. The van der Waals surface area contributed by atoms with Crippen LogP contribution in [0.25, 0.3) is 105 Å². The van der Waals surface area contributed by atoms with E-state index >= 15 is 0 Å². The van der Waals surface area contributed by atoms with Crippen molar-refractivity contribution in [2.24, 2.45) is 0 Å². The van der Waals surface area contributed by atoms with E-state index in [2.05, 4.69) is 172 Å². The van der Waals surface area contributed by atoms with Gasteiger partial charge in [0.25, 0.3) is 0 Å². The second-order valence-electron chi connectivity index (χ2n) is 20.0. The molecule has 8 aromatic carbocycles. The minimum absolute atomic E-state index is 0.00276. The molecule has 0 bridgehead atoms. The molecule has 14 rings (SSSR count). The van der Waals surface area contributed by atoms with Crippen LogP contribution in [0.15, 0.2) is 159 Å². The summed E-state index contributed by atoms with van der Waals surface area (Å²) in [7, 11) is 0. The fraction of sp³-hybridized carbons (Fsp3) is 0.140. The summed E-state index contributed by atoms with van der Waals surface area (Å²) < 4.78 is 22.5. The number of hydrogen-bond donors (Lipinski definition) is 0. The number of rotatable bonds is 2. The smallest absolute Gasteiger partial charge is 0.333 e. The van der Waals surface area contributed by atoms with E-state index in [-0.39, 0.29) is 17.7 Å². The zero-order valence-electron chi connectivity index (χ0n) is 36.5. The van der Waals surface area contributed by atoms with Crippen molar-refractivity contribution in [1.29, 1.82) is 0 Å². The summed E-state index contributed by atoms with van der Waals surface area (Å²) in [5.41, 5.74) is 19.0. The first kappa shape index (κ1) is 36.0. The molecule has 2 aliphatic heterocycles. The molecule has 2 aliphatic rings. The van der Waals surface area contributed by atoms with E-state index in [0.717, 1.165) is 94.1 Å². The summed E-state index contributed by atoms with van der Waals surface area (Å²) in [4.78, 5) is 7.75. The molecule has 0 atom stereocenters. The summed E-state index contributed by atoms with van der Waals surface area (Å²) in [6.07, 6.45) is 0. The second-order valence-corrected chi connectivity index (χ2v) is 20.0. The molecule has 0 saturated heterocycles. The third-order valence-electron chi connectivity index (χ3n) is 14.1. The lowest BCUT2D eigenvalue weighted by atomic mass is 9.44. The molecule has 7 heteroatoms. The highest BCUT2D eigenvalue weighted by Crippen LogP contribution is 2.49. The number of nitrogens with zero attached hydrogens (tertiary/aromatic N) is 3. The van der Waals surface area contributed by atoms with Gasteiger partial charge in [0.1, 0.15) is 27.8 Å². The van der Waals surface area contributed by atoms with Crippen molar-refractivity contribution in [1.82, 2.24) is 9.55 Å². The van der Waals surface area contributed by atoms with Crippen LogP contribution in [0.2, 0.25) is 0 Å². The zero-order valence-corrected chi connectivity index (χ0v) is 36.5. The zero-order chi connectivity index (χ0) is 43.0. The van der Waals surface area contributed by atoms with Crippen LogP contribution in [0.5, 0.6) is 0 Å². The van der Waals surface area contributed by atoms with Crippen molar-refractivity contribution in [3.8, 4) is 28.3 Å². The first-order valence-electron chi connectivity index (χ1n) is 22.3. The molecule has 12 aromatic rings. The highest BCUT2D eigenvalue weighted by atomic mass is 16.3. The van der Waals surface area contributed by atoms with Crippen LogP contribution < -0.4 is 15.7 Å². The quantitative estimate of drug-likeness (QED) is 0.162. The molecule has 0 aliphatic carbocycles. The largest absolute Gasteiger partial charge is 0.456 e. The molecule has 0 N–H and O–H groups in total. The molecule has 64 heavy (non-hydrogen) atoms. The third kappa shape index (κ3) is 4.84. The molecule has 0 fully saturated rings. The van der Waals surface area contributed by atoms with Crippen LogP contribution in [-0.2, 0) is 10.8 Å². The average Bonchev–Trinajstić information content (AvgIpc) is 4.06. The lowest BCUT2D eigenvalue weighted by molar-refractivity contribution is 0.587. The normalized spacial score (nSPS) is 13.7. The van der Waals surface area contributed by atoms with Crippen molar-refractivity contribution in [3.63, 3.8) is 0 Å². The lowest BCUT2D eigenvalue weighted by Gasteiger charge is -2.42. The summed E-state index contributed by atoms with van der Waals surface area (Å²) in [6.45, 7) is 13.4. The molecule has 4 aromatic heterocycles. The minimum Gasteiger partial charge on any atom is -0.456 e. The standard InChI is InChI=1S/C57H42BN3O3/c1-56(2,3)32-16-19-34(20-17-32)61-46-26-42-36-21-18-33(57(4,5)6)24-49(36)63-50(42)27-40(46)37-22-23-38-39-25-41-35-14-10-11-15-48(35)62-51(41)29-45(39)60-47-30-52-44(28-43(47)58(61)53(37)54(38)60)59-55(64-52)31-12-8-7-9-13-31/h7-30H,1-6H3. The summed E-state index contributed by atoms with van der Waals surface area (Å²) in [5.74, 6) is 0.607. The van der Waals surface area contributed by atoms with Crippen molar-refractivity contribution < 1.29 is 13.3 Å². The summed E-state index contributed by atoms with van der Waals surface area (Å²) in [6, 6.07) is 52.9. The number of anilines is 2. The van der Waals surface area contributed by atoms with Gasteiger partial charge in [0, 0.05) is 72.6 Å². The van der Waals surface area contributed by atoms with Gasteiger partial charge in [-0.2, -0.15) is 0 Å². The van der Waals surface area contributed by atoms with Gasteiger partial charge in [-0.3, -0.25) is 0 Å². The van der Waals surface area contributed by atoms with Crippen molar-refractivity contribution in [3.05, 3.63) is 157 Å². The fourth-order valence-electron chi connectivity index (χ4n) is 10.9. The van der Waals surface area contributed by atoms with Crippen molar-refractivity contribution in [2.45, 2.75) is 52.4 Å². The SMILES string of the molecule is CC(C)(C)c1ccc(N2B3c4cc5nc(-c6ccccc6)oc5cc4-n4c5cc6oc7ccccc7c6cc5c5ccc(c3c54)-c3cc4oc5cc(C(C)(C)C)ccc5c4cc32)cc1. The molecule has 0 spiro atoms. The third-order valence-corrected chi connectivity index (χ3v) is 14.1. The molecule has 6 heterocycles. The maximum absolute atomic E-state index is 6.82. The van der Waals surface area contributed by atoms with Crippen molar-refractivity contribution in [2.75, 3.05) is 4.81 Å². The Morgan fingerprint density at radius 3 is 1.98 bits per heavy atom. The van der Waals surface area contributed by atoms with E-state index in [9.17, 15) is 0 Å². The average molecular weight is 828 g/mol. The number of fused-ring (bicyclic) bond motifs is 15. The number of para-hydroxylation sites is 1. The molecule has 0 unspecified atom stereocenters. The first-order valence-corrected chi connectivity index (χ1v) is 22.3. The molecule has 306 valence electrons. The van der Waals surface area contributed by atoms with E-state index in [4.69, 9.17) is 18.2 Å². The minimum atomic E-state index is -0.202. The Kier molecular flexibility index (Phi) is 6.84. The highest BCUT2D eigenvalue weighted by Gasteiger charge is 2.45. The van der Waals surface area contributed by atoms with Gasteiger partial charge in [-0.05, 0) is 99.1 Å². The van der Waals surface area contributed by atoms with Crippen LogP contribution in [0.4, 0.5) is 11.4 Å². The van der Waals surface area contributed by atoms with E-state index in [1.165, 1.54) is 38.4 Å².